The summed E-state index contributed by atoms with van der Waals surface area (Å²) in [5, 5.41) is 14.8. The topological polar surface area (TPSA) is 36.4 Å². The van der Waals surface area contributed by atoms with E-state index in [4.69, 9.17) is 0 Å². The largest absolute Gasteiger partial charge is 0.388 e. The first-order valence-electron chi connectivity index (χ1n) is 5.45. The van der Waals surface area contributed by atoms with Crippen LogP contribution >= 0.6 is 22.7 Å². The zero-order valence-electron chi connectivity index (χ0n) is 10.2. The lowest BCUT2D eigenvalue weighted by Gasteiger charge is -2.14. The van der Waals surface area contributed by atoms with Gasteiger partial charge in [0.25, 0.3) is 0 Å². The van der Waals surface area contributed by atoms with Crippen molar-refractivity contribution in [3.63, 3.8) is 0 Å². The summed E-state index contributed by atoms with van der Waals surface area (Å²) in [5.41, 5.74) is 2.22. The number of thiophene rings is 1. The van der Waals surface area contributed by atoms with Gasteiger partial charge in [-0.25, -0.2) is 4.98 Å². The van der Waals surface area contributed by atoms with Crippen LogP contribution in [0, 0.1) is 6.92 Å². The molecule has 0 aliphatic rings. The molecule has 0 radical (unpaired) electrons. The van der Waals surface area contributed by atoms with Gasteiger partial charge in [-0.15, -0.1) is 0 Å². The third-order valence-corrected chi connectivity index (χ3v) is 4.70. The Morgan fingerprint density at radius 1 is 1.53 bits per heavy atom. The first kappa shape index (κ1) is 12.5. The van der Waals surface area contributed by atoms with Gasteiger partial charge in [-0.05, 0) is 36.2 Å². The van der Waals surface area contributed by atoms with Crippen LogP contribution in [0.25, 0.3) is 0 Å². The van der Waals surface area contributed by atoms with E-state index in [1.807, 2.05) is 14.0 Å². The lowest BCUT2D eigenvalue weighted by molar-refractivity contribution is 0.202. The predicted molar refractivity (Wildman–Crippen MR) is 73.9 cm³/mol. The van der Waals surface area contributed by atoms with Crippen LogP contribution in [0.2, 0.25) is 0 Å². The zero-order valence-corrected chi connectivity index (χ0v) is 11.8. The second-order valence-corrected chi connectivity index (χ2v) is 5.90. The van der Waals surface area contributed by atoms with Crippen LogP contribution in [0.1, 0.15) is 29.2 Å². The smallest absolute Gasteiger partial charge is 0.185 e. The Morgan fingerprint density at radius 2 is 2.29 bits per heavy atom. The number of hydrogen-bond acceptors (Lipinski definition) is 5. The van der Waals surface area contributed by atoms with E-state index >= 15 is 0 Å². The Bertz CT molecular complexity index is 477. The van der Waals surface area contributed by atoms with E-state index in [1.165, 1.54) is 5.56 Å². The van der Waals surface area contributed by atoms with Crippen LogP contribution in [0.4, 0.5) is 5.13 Å². The summed E-state index contributed by atoms with van der Waals surface area (Å²) in [4.78, 5) is 7.57. The maximum absolute atomic E-state index is 9.61. The summed E-state index contributed by atoms with van der Waals surface area (Å²) in [6.07, 6.45) is -0.434. The van der Waals surface area contributed by atoms with Gasteiger partial charge in [-0.1, -0.05) is 11.3 Å². The molecule has 0 bridgehead atoms. The molecule has 1 unspecified atom stereocenters. The highest BCUT2D eigenvalue weighted by atomic mass is 32.1. The monoisotopic (exact) mass is 268 g/mol. The molecule has 1 N–H and O–H groups in total. The molecule has 1 atom stereocenters. The van der Waals surface area contributed by atoms with Gasteiger partial charge in [0.1, 0.15) is 0 Å². The molecule has 5 heteroatoms. The normalized spacial score (nSPS) is 12.7. The maximum atomic E-state index is 9.61. The zero-order chi connectivity index (χ0) is 12.4. The fourth-order valence-electron chi connectivity index (χ4n) is 1.67. The minimum absolute atomic E-state index is 0.434. The molecular formula is C12H16N2OS2. The summed E-state index contributed by atoms with van der Waals surface area (Å²) >= 11 is 3.27. The summed E-state index contributed by atoms with van der Waals surface area (Å²) < 4.78 is 0. The number of thiazole rings is 1. The molecule has 0 aliphatic heterocycles. The lowest BCUT2D eigenvalue weighted by Crippen LogP contribution is -2.15. The second kappa shape index (κ2) is 5.16. The van der Waals surface area contributed by atoms with E-state index in [0.717, 1.165) is 22.2 Å². The van der Waals surface area contributed by atoms with Gasteiger partial charge < -0.3 is 10.0 Å². The maximum Gasteiger partial charge on any atom is 0.185 e. The van der Waals surface area contributed by atoms with E-state index in [2.05, 4.69) is 26.7 Å². The highest BCUT2D eigenvalue weighted by Crippen LogP contribution is 2.30. The Morgan fingerprint density at radius 3 is 2.82 bits per heavy atom. The van der Waals surface area contributed by atoms with Crippen molar-refractivity contribution in [1.29, 1.82) is 0 Å². The summed E-state index contributed by atoms with van der Waals surface area (Å²) in [6.45, 7) is 4.58. The standard InChI is InChI=1S/C12H16N2OS2/c1-8-11(9(2)15)17-12(13-8)14(3)6-10-4-5-16-7-10/h4-5,7,9,15H,6H2,1-3H3. The summed E-state index contributed by atoms with van der Waals surface area (Å²) in [6, 6.07) is 2.12. The van der Waals surface area contributed by atoms with Gasteiger partial charge in [-0.2, -0.15) is 11.3 Å². The molecule has 0 saturated carbocycles. The molecule has 0 aliphatic carbocycles. The molecule has 17 heavy (non-hydrogen) atoms. The van der Waals surface area contributed by atoms with Gasteiger partial charge in [0.15, 0.2) is 5.13 Å². The van der Waals surface area contributed by atoms with E-state index in [0.29, 0.717) is 0 Å². The van der Waals surface area contributed by atoms with Crippen molar-refractivity contribution >= 4 is 27.8 Å². The van der Waals surface area contributed by atoms with Crippen molar-refractivity contribution in [2.75, 3.05) is 11.9 Å². The first-order chi connectivity index (χ1) is 8.08. The highest BCUT2D eigenvalue weighted by molar-refractivity contribution is 7.15. The Hall–Kier alpha value is -0.910. The number of aliphatic hydroxyl groups excluding tert-OH is 1. The lowest BCUT2D eigenvalue weighted by atomic mass is 10.3. The fraction of sp³-hybridized carbons (Fsp3) is 0.417. The Labute approximate surface area is 109 Å². The number of nitrogens with zero attached hydrogens (tertiary/aromatic N) is 2. The van der Waals surface area contributed by atoms with Gasteiger partial charge in [0.05, 0.1) is 16.7 Å². The molecule has 0 aromatic carbocycles. The Balaban J connectivity index is 2.14. The number of anilines is 1. The minimum atomic E-state index is -0.434. The first-order valence-corrected chi connectivity index (χ1v) is 7.21. The van der Waals surface area contributed by atoms with Crippen molar-refractivity contribution in [2.24, 2.45) is 0 Å². The SMILES string of the molecule is Cc1nc(N(C)Cc2ccsc2)sc1C(C)O. The van der Waals surface area contributed by atoms with Crippen molar-refractivity contribution < 1.29 is 5.11 Å². The van der Waals surface area contributed by atoms with Crippen LogP contribution < -0.4 is 4.90 Å². The molecule has 2 rings (SSSR count). The molecule has 2 aromatic heterocycles. The van der Waals surface area contributed by atoms with Gasteiger partial charge in [0, 0.05) is 13.6 Å². The van der Waals surface area contributed by atoms with Crippen LogP contribution in [0.15, 0.2) is 16.8 Å². The van der Waals surface area contributed by atoms with Gasteiger partial charge >= 0.3 is 0 Å². The number of hydrogen-bond donors (Lipinski definition) is 1. The number of aromatic nitrogens is 1. The highest BCUT2D eigenvalue weighted by Gasteiger charge is 2.14. The van der Waals surface area contributed by atoms with Crippen molar-refractivity contribution in [2.45, 2.75) is 26.5 Å². The van der Waals surface area contributed by atoms with Crippen LogP contribution in [-0.4, -0.2) is 17.1 Å². The number of aryl methyl sites for hydroxylation is 1. The molecule has 3 nitrogen and oxygen atoms in total. The molecule has 0 saturated heterocycles. The number of rotatable bonds is 4. The molecule has 0 amide bonds. The Kier molecular flexibility index (Phi) is 3.81. The predicted octanol–water partition coefficient (Wildman–Crippen LogP) is 3.20. The van der Waals surface area contributed by atoms with Crippen LogP contribution in [0.5, 0.6) is 0 Å². The van der Waals surface area contributed by atoms with E-state index in [-0.39, 0.29) is 0 Å². The van der Waals surface area contributed by atoms with Crippen molar-refractivity contribution in [1.82, 2.24) is 4.98 Å². The quantitative estimate of drug-likeness (QED) is 0.925. The third kappa shape index (κ3) is 2.86. The molecule has 2 heterocycles. The second-order valence-electron chi connectivity index (χ2n) is 4.11. The van der Waals surface area contributed by atoms with E-state index < -0.39 is 6.10 Å². The van der Waals surface area contributed by atoms with Gasteiger partial charge in [0.2, 0.25) is 0 Å². The molecule has 0 spiro atoms. The van der Waals surface area contributed by atoms with E-state index in [9.17, 15) is 5.11 Å². The minimum Gasteiger partial charge on any atom is -0.388 e. The average molecular weight is 268 g/mol. The summed E-state index contributed by atoms with van der Waals surface area (Å²) in [5.74, 6) is 0. The summed E-state index contributed by atoms with van der Waals surface area (Å²) in [7, 11) is 2.03. The van der Waals surface area contributed by atoms with Gasteiger partial charge in [-0.3, -0.25) is 0 Å². The molecule has 92 valence electrons. The van der Waals surface area contributed by atoms with E-state index in [1.54, 1.807) is 29.6 Å². The molecular weight excluding hydrogens is 252 g/mol. The van der Waals surface area contributed by atoms with Crippen molar-refractivity contribution in [3.8, 4) is 0 Å². The number of aliphatic hydroxyl groups is 1. The average Bonchev–Trinajstić information content (AvgIpc) is 2.86. The molecule has 2 aromatic rings. The van der Waals surface area contributed by atoms with Crippen LogP contribution in [-0.2, 0) is 6.54 Å². The fourth-order valence-corrected chi connectivity index (χ4v) is 3.29. The third-order valence-electron chi connectivity index (χ3n) is 2.53. The van der Waals surface area contributed by atoms with Crippen LogP contribution in [0.3, 0.4) is 0 Å². The molecule has 0 fully saturated rings. The van der Waals surface area contributed by atoms with Crippen molar-refractivity contribution in [3.05, 3.63) is 33.0 Å².